The van der Waals surface area contributed by atoms with E-state index in [9.17, 15) is 0 Å². The Bertz CT molecular complexity index is 1370. The van der Waals surface area contributed by atoms with Crippen LogP contribution < -0.4 is 0 Å². The van der Waals surface area contributed by atoms with Crippen LogP contribution in [0.25, 0.3) is 33.5 Å². The Hall–Kier alpha value is -3.45. The minimum atomic E-state index is 0.742. The van der Waals surface area contributed by atoms with E-state index in [4.69, 9.17) is 9.51 Å². The molecule has 0 N–H and O–H groups in total. The number of hydrogen-bond acceptors (Lipinski definition) is 6. The van der Waals surface area contributed by atoms with Gasteiger partial charge in [-0.05, 0) is 32.9 Å². The molecule has 0 amide bonds. The molecule has 0 aliphatic carbocycles. The Labute approximate surface area is 190 Å². The van der Waals surface area contributed by atoms with Gasteiger partial charge in [0.05, 0.1) is 16.9 Å². The van der Waals surface area contributed by atoms with Crippen LogP contribution in [0.5, 0.6) is 0 Å². The highest BCUT2D eigenvalue weighted by Crippen LogP contribution is 2.34. The molecule has 0 saturated carbocycles. The average molecular weight is 442 g/mol. The van der Waals surface area contributed by atoms with Gasteiger partial charge in [0.1, 0.15) is 5.76 Å². The topological polar surface area (TPSA) is 69.6 Å². The second kappa shape index (κ2) is 8.59. The quantitative estimate of drug-likeness (QED) is 0.298. The van der Waals surface area contributed by atoms with Gasteiger partial charge in [-0.3, -0.25) is 0 Å². The molecule has 0 fully saturated rings. The van der Waals surface area contributed by atoms with E-state index in [1.807, 2.05) is 50.2 Å². The van der Waals surface area contributed by atoms with Gasteiger partial charge in [-0.2, -0.15) is 0 Å². The van der Waals surface area contributed by atoms with Crippen molar-refractivity contribution in [3.8, 4) is 22.6 Å². The summed E-state index contributed by atoms with van der Waals surface area (Å²) in [7, 11) is 0. The fourth-order valence-electron chi connectivity index (χ4n) is 3.84. The van der Waals surface area contributed by atoms with Crippen molar-refractivity contribution < 1.29 is 4.52 Å². The van der Waals surface area contributed by atoms with E-state index in [0.29, 0.717) is 0 Å². The molecule has 0 saturated heterocycles. The number of aromatic nitrogens is 5. The maximum absolute atomic E-state index is 5.31. The minimum absolute atomic E-state index is 0.742. The van der Waals surface area contributed by atoms with Crippen molar-refractivity contribution in [2.24, 2.45) is 0 Å². The van der Waals surface area contributed by atoms with E-state index in [1.54, 1.807) is 11.8 Å². The molecule has 6 nitrogen and oxygen atoms in total. The van der Waals surface area contributed by atoms with Gasteiger partial charge in [0.15, 0.2) is 11.0 Å². The number of thioether (sulfide) groups is 1. The molecule has 160 valence electrons. The van der Waals surface area contributed by atoms with Gasteiger partial charge < -0.3 is 9.09 Å². The standard InChI is InChI=1S/C25H23N5OS/c1-4-30-24(27-28-25(30)32-15-21-16(2)29-31-17(21)3)20-14-23(18-10-6-5-7-11-18)26-22-13-9-8-12-19(20)22/h5-14H,4,15H2,1-3H3. The summed E-state index contributed by atoms with van der Waals surface area (Å²) in [6, 6.07) is 20.6. The van der Waals surface area contributed by atoms with Crippen molar-refractivity contribution in [1.29, 1.82) is 0 Å². The fraction of sp³-hybridized carbons (Fsp3) is 0.200. The predicted octanol–water partition coefficient (Wildman–Crippen LogP) is 6.08. The summed E-state index contributed by atoms with van der Waals surface area (Å²) in [6.07, 6.45) is 0. The van der Waals surface area contributed by atoms with Gasteiger partial charge in [0.25, 0.3) is 0 Å². The third-order valence-corrected chi connectivity index (χ3v) is 6.58. The van der Waals surface area contributed by atoms with Gasteiger partial charge in [-0.1, -0.05) is 65.4 Å². The fourth-order valence-corrected chi connectivity index (χ4v) is 5.00. The zero-order valence-electron chi connectivity index (χ0n) is 18.2. The Morgan fingerprint density at radius 3 is 2.50 bits per heavy atom. The molecule has 5 rings (SSSR count). The molecule has 0 unspecified atom stereocenters. The highest BCUT2D eigenvalue weighted by molar-refractivity contribution is 7.98. The summed E-state index contributed by atoms with van der Waals surface area (Å²) in [6.45, 7) is 6.80. The number of aryl methyl sites for hydroxylation is 2. The van der Waals surface area contributed by atoms with Crippen LogP contribution in [0.2, 0.25) is 0 Å². The molecular formula is C25H23N5OS. The van der Waals surface area contributed by atoms with Gasteiger partial charge in [0, 0.05) is 34.4 Å². The van der Waals surface area contributed by atoms with E-state index < -0.39 is 0 Å². The van der Waals surface area contributed by atoms with Crippen LogP contribution >= 0.6 is 11.8 Å². The average Bonchev–Trinajstić information content (AvgIpc) is 3.39. The van der Waals surface area contributed by atoms with Crippen LogP contribution in [-0.2, 0) is 12.3 Å². The van der Waals surface area contributed by atoms with E-state index in [0.717, 1.165) is 68.0 Å². The van der Waals surface area contributed by atoms with Gasteiger partial charge in [-0.25, -0.2) is 4.98 Å². The summed E-state index contributed by atoms with van der Waals surface area (Å²) < 4.78 is 7.47. The number of para-hydroxylation sites is 1. The number of hydrogen-bond donors (Lipinski definition) is 0. The molecule has 3 heterocycles. The Kier molecular flexibility index (Phi) is 5.49. The second-order valence-corrected chi connectivity index (χ2v) is 8.52. The first-order chi connectivity index (χ1) is 15.7. The summed E-state index contributed by atoms with van der Waals surface area (Å²) in [5.41, 5.74) is 6.02. The first-order valence-corrected chi connectivity index (χ1v) is 11.6. The minimum Gasteiger partial charge on any atom is -0.361 e. The van der Waals surface area contributed by atoms with Gasteiger partial charge >= 0.3 is 0 Å². The van der Waals surface area contributed by atoms with E-state index >= 15 is 0 Å². The third kappa shape index (κ3) is 3.69. The largest absolute Gasteiger partial charge is 0.361 e. The summed E-state index contributed by atoms with van der Waals surface area (Å²) in [4.78, 5) is 4.90. The molecule has 0 aliphatic rings. The highest BCUT2D eigenvalue weighted by atomic mass is 32.2. The SMILES string of the molecule is CCn1c(SCc2c(C)noc2C)nnc1-c1cc(-c2ccccc2)nc2ccccc12. The molecule has 0 atom stereocenters. The van der Waals surface area contributed by atoms with Crippen LogP contribution in [0.4, 0.5) is 0 Å². The maximum atomic E-state index is 5.31. The zero-order valence-corrected chi connectivity index (χ0v) is 19.1. The van der Waals surface area contributed by atoms with Crippen molar-refractivity contribution in [1.82, 2.24) is 24.9 Å². The van der Waals surface area contributed by atoms with Crippen LogP contribution in [0.3, 0.4) is 0 Å². The Balaban J connectivity index is 1.59. The van der Waals surface area contributed by atoms with E-state index in [-0.39, 0.29) is 0 Å². The van der Waals surface area contributed by atoms with Crippen molar-refractivity contribution >= 4 is 22.7 Å². The molecule has 0 spiro atoms. The molecular weight excluding hydrogens is 418 g/mol. The Morgan fingerprint density at radius 2 is 1.75 bits per heavy atom. The summed E-state index contributed by atoms with van der Waals surface area (Å²) in [5.74, 6) is 2.45. The number of fused-ring (bicyclic) bond motifs is 1. The van der Waals surface area contributed by atoms with Crippen molar-refractivity contribution in [2.45, 2.75) is 38.2 Å². The normalized spacial score (nSPS) is 11.3. The van der Waals surface area contributed by atoms with Crippen LogP contribution in [0.15, 0.2) is 70.3 Å². The second-order valence-electron chi connectivity index (χ2n) is 7.58. The van der Waals surface area contributed by atoms with Gasteiger partial charge in [0.2, 0.25) is 0 Å². The lowest BCUT2D eigenvalue weighted by molar-refractivity contribution is 0.392. The molecule has 2 aromatic carbocycles. The number of benzene rings is 2. The van der Waals surface area contributed by atoms with E-state index in [2.05, 4.69) is 51.1 Å². The third-order valence-electron chi connectivity index (χ3n) is 5.59. The molecule has 0 aliphatic heterocycles. The molecule has 3 aromatic heterocycles. The monoisotopic (exact) mass is 441 g/mol. The van der Waals surface area contributed by atoms with Crippen LogP contribution in [0, 0.1) is 13.8 Å². The lowest BCUT2D eigenvalue weighted by Gasteiger charge is -2.12. The lowest BCUT2D eigenvalue weighted by atomic mass is 10.0. The molecule has 0 radical (unpaired) electrons. The predicted molar refractivity (Wildman–Crippen MR) is 127 cm³/mol. The molecule has 5 aromatic rings. The first kappa shape index (κ1) is 20.5. The van der Waals surface area contributed by atoms with Crippen LogP contribution in [0.1, 0.15) is 23.9 Å². The number of nitrogens with zero attached hydrogens (tertiary/aromatic N) is 5. The number of pyridine rings is 1. The van der Waals surface area contributed by atoms with Crippen molar-refractivity contribution in [2.75, 3.05) is 0 Å². The van der Waals surface area contributed by atoms with E-state index in [1.165, 1.54) is 0 Å². The Morgan fingerprint density at radius 1 is 0.969 bits per heavy atom. The molecule has 0 bridgehead atoms. The maximum Gasteiger partial charge on any atom is 0.191 e. The lowest BCUT2D eigenvalue weighted by Crippen LogP contribution is -2.01. The van der Waals surface area contributed by atoms with Crippen LogP contribution in [-0.4, -0.2) is 24.9 Å². The van der Waals surface area contributed by atoms with Gasteiger partial charge in [-0.15, -0.1) is 10.2 Å². The molecule has 7 heteroatoms. The number of rotatable bonds is 6. The molecule has 32 heavy (non-hydrogen) atoms. The van der Waals surface area contributed by atoms with Crippen molar-refractivity contribution in [3.63, 3.8) is 0 Å². The smallest absolute Gasteiger partial charge is 0.191 e. The zero-order chi connectivity index (χ0) is 22.1. The highest BCUT2D eigenvalue weighted by Gasteiger charge is 2.19. The first-order valence-electron chi connectivity index (χ1n) is 10.6. The summed E-state index contributed by atoms with van der Waals surface area (Å²) >= 11 is 1.65. The summed E-state index contributed by atoms with van der Waals surface area (Å²) in [5, 5.41) is 15.2. The van der Waals surface area contributed by atoms with Crippen molar-refractivity contribution in [3.05, 3.63) is 77.7 Å².